The summed E-state index contributed by atoms with van der Waals surface area (Å²) in [4.78, 5) is 8.48. The van der Waals surface area contributed by atoms with Crippen LogP contribution in [0.5, 0.6) is 0 Å². The SMILES string of the molecule is CN=C(NCCCSc1nccs1)NCc1ccn(C)c1. The summed E-state index contributed by atoms with van der Waals surface area (Å²) < 4.78 is 3.19. The van der Waals surface area contributed by atoms with Crippen molar-refractivity contribution < 1.29 is 0 Å². The molecule has 0 bridgehead atoms. The number of rotatable bonds is 7. The smallest absolute Gasteiger partial charge is 0.191 e. The standard InChI is InChI=1S/C14H21N5S2/c1-15-13(18-10-12-4-7-19(2)11-12)16-5-3-8-20-14-17-6-9-21-14/h4,6-7,9,11H,3,5,8,10H2,1-2H3,(H2,15,16,18). The average Bonchev–Trinajstić information content (AvgIpc) is 3.13. The summed E-state index contributed by atoms with van der Waals surface area (Å²) in [5.41, 5.74) is 1.25. The molecule has 0 saturated carbocycles. The number of nitrogens with zero attached hydrogens (tertiary/aromatic N) is 3. The van der Waals surface area contributed by atoms with Crippen LogP contribution in [0.3, 0.4) is 0 Å². The van der Waals surface area contributed by atoms with Gasteiger partial charge in [-0.3, -0.25) is 4.99 Å². The molecule has 0 aromatic carbocycles. The zero-order valence-corrected chi connectivity index (χ0v) is 14.0. The van der Waals surface area contributed by atoms with E-state index in [1.807, 2.05) is 29.4 Å². The number of thioether (sulfide) groups is 1. The van der Waals surface area contributed by atoms with E-state index in [1.54, 1.807) is 30.1 Å². The minimum absolute atomic E-state index is 0.786. The molecule has 2 heterocycles. The molecule has 0 fully saturated rings. The summed E-state index contributed by atoms with van der Waals surface area (Å²) in [5.74, 6) is 1.91. The van der Waals surface area contributed by atoms with E-state index in [9.17, 15) is 0 Å². The van der Waals surface area contributed by atoms with E-state index in [4.69, 9.17) is 0 Å². The Hall–Kier alpha value is -1.47. The molecular weight excluding hydrogens is 302 g/mol. The van der Waals surface area contributed by atoms with Gasteiger partial charge in [-0.1, -0.05) is 11.8 Å². The van der Waals surface area contributed by atoms with Crippen LogP contribution < -0.4 is 10.6 Å². The van der Waals surface area contributed by atoms with Crippen LogP contribution in [-0.4, -0.2) is 34.9 Å². The molecule has 0 aliphatic carbocycles. The van der Waals surface area contributed by atoms with Crippen molar-refractivity contribution in [3.05, 3.63) is 35.6 Å². The molecule has 114 valence electrons. The largest absolute Gasteiger partial charge is 0.357 e. The van der Waals surface area contributed by atoms with Gasteiger partial charge in [-0.2, -0.15) is 0 Å². The highest BCUT2D eigenvalue weighted by atomic mass is 32.2. The number of hydrogen-bond acceptors (Lipinski definition) is 4. The highest BCUT2D eigenvalue weighted by molar-refractivity contribution is 8.00. The first-order chi connectivity index (χ1) is 10.3. The lowest BCUT2D eigenvalue weighted by Gasteiger charge is -2.10. The number of guanidine groups is 1. The maximum Gasteiger partial charge on any atom is 0.191 e. The Morgan fingerprint density at radius 3 is 3.05 bits per heavy atom. The van der Waals surface area contributed by atoms with Gasteiger partial charge in [0.1, 0.15) is 4.34 Å². The van der Waals surface area contributed by atoms with Crippen LogP contribution in [0.15, 0.2) is 39.4 Å². The van der Waals surface area contributed by atoms with Crippen molar-refractivity contribution >= 4 is 29.1 Å². The third-order valence-corrected chi connectivity index (χ3v) is 4.88. The fourth-order valence-electron chi connectivity index (χ4n) is 1.79. The number of thiazole rings is 1. The highest BCUT2D eigenvalue weighted by Crippen LogP contribution is 2.20. The summed E-state index contributed by atoms with van der Waals surface area (Å²) in [5, 5.41) is 8.65. The molecule has 0 spiro atoms. The molecule has 2 N–H and O–H groups in total. The highest BCUT2D eigenvalue weighted by Gasteiger charge is 2.00. The van der Waals surface area contributed by atoms with Gasteiger partial charge in [-0.15, -0.1) is 11.3 Å². The summed E-state index contributed by atoms with van der Waals surface area (Å²) in [6.07, 6.45) is 7.07. The fraction of sp³-hybridized carbons (Fsp3) is 0.429. The molecule has 2 aromatic heterocycles. The number of aromatic nitrogens is 2. The van der Waals surface area contributed by atoms with Crippen LogP contribution in [0.4, 0.5) is 0 Å². The van der Waals surface area contributed by atoms with Crippen molar-refractivity contribution in [2.24, 2.45) is 12.0 Å². The normalized spacial score (nSPS) is 11.6. The number of aryl methyl sites for hydroxylation is 1. The molecule has 0 saturated heterocycles. The Morgan fingerprint density at radius 2 is 2.38 bits per heavy atom. The van der Waals surface area contributed by atoms with E-state index < -0.39 is 0 Å². The third-order valence-electron chi connectivity index (χ3n) is 2.83. The second-order valence-corrected chi connectivity index (χ2v) is 6.77. The maximum absolute atomic E-state index is 4.25. The quantitative estimate of drug-likeness (QED) is 0.355. The second kappa shape index (κ2) is 8.74. The molecule has 0 aliphatic rings. The maximum atomic E-state index is 4.25. The summed E-state index contributed by atoms with van der Waals surface area (Å²) in [7, 11) is 3.82. The summed E-state index contributed by atoms with van der Waals surface area (Å²) in [6.45, 7) is 1.70. The Labute approximate surface area is 133 Å². The first kappa shape index (κ1) is 15.9. The van der Waals surface area contributed by atoms with Gasteiger partial charge in [-0.05, 0) is 18.1 Å². The molecule has 0 aliphatic heterocycles. The minimum atomic E-state index is 0.786. The fourth-order valence-corrected chi connectivity index (χ4v) is 3.44. The van der Waals surface area contributed by atoms with E-state index in [0.29, 0.717) is 0 Å². The number of hydrogen-bond donors (Lipinski definition) is 2. The van der Waals surface area contributed by atoms with Crippen LogP contribution >= 0.6 is 23.1 Å². The molecule has 2 rings (SSSR count). The van der Waals surface area contributed by atoms with Crippen LogP contribution in [0.1, 0.15) is 12.0 Å². The average molecular weight is 323 g/mol. The molecule has 0 radical (unpaired) electrons. The van der Waals surface area contributed by atoms with Crippen molar-refractivity contribution in [1.29, 1.82) is 0 Å². The molecular formula is C14H21N5S2. The molecule has 5 nitrogen and oxygen atoms in total. The molecule has 0 atom stereocenters. The zero-order chi connectivity index (χ0) is 14.9. The van der Waals surface area contributed by atoms with E-state index in [2.05, 4.69) is 32.9 Å². The van der Waals surface area contributed by atoms with E-state index in [-0.39, 0.29) is 0 Å². The molecule has 7 heteroatoms. The van der Waals surface area contributed by atoms with Crippen molar-refractivity contribution in [3.63, 3.8) is 0 Å². The van der Waals surface area contributed by atoms with Crippen LogP contribution in [-0.2, 0) is 13.6 Å². The van der Waals surface area contributed by atoms with Crippen LogP contribution in [0.25, 0.3) is 0 Å². The monoisotopic (exact) mass is 323 g/mol. The van der Waals surface area contributed by atoms with Gasteiger partial charge in [0.05, 0.1) is 0 Å². The van der Waals surface area contributed by atoms with Gasteiger partial charge >= 0.3 is 0 Å². The first-order valence-corrected chi connectivity index (χ1v) is 8.72. The Bertz CT molecular complexity index is 547. The third kappa shape index (κ3) is 5.81. The van der Waals surface area contributed by atoms with E-state index in [0.717, 1.165) is 35.6 Å². The summed E-state index contributed by atoms with van der Waals surface area (Å²) in [6, 6.07) is 2.10. The van der Waals surface area contributed by atoms with Crippen molar-refractivity contribution in [2.45, 2.75) is 17.3 Å². The van der Waals surface area contributed by atoms with Crippen molar-refractivity contribution in [1.82, 2.24) is 20.2 Å². The van der Waals surface area contributed by atoms with Gasteiger partial charge in [0.15, 0.2) is 5.96 Å². The van der Waals surface area contributed by atoms with Gasteiger partial charge in [0.25, 0.3) is 0 Å². The van der Waals surface area contributed by atoms with Gasteiger partial charge in [0, 0.05) is 56.9 Å². The first-order valence-electron chi connectivity index (χ1n) is 6.85. The molecule has 2 aromatic rings. The van der Waals surface area contributed by atoms with Crippen LogP contribution in [0.2, 0.25) is 0 Å². The minimum Gasteiger partial charge on any atom is -0.357 e. The van der Waals surface area contributed by atoms with Gasteiger partial charge in [-0.25, -0.2) is 4.98 Å². The summed E-state index contributed by atoms with van der Waals surface area (Å²) >= 11 is 3.50. The predicted molar refractivity (Wildman–Crippen MR) is 91.1 cm³/mol. The number of aliphatic imine (C=N–C) groups is 1. The van der Waals surface area contributed by atoms with Gasteiger partial charge < -0.3 is 15.2 Å². The van der Waals surface area contributed by atoms with Gasteiger partial charge in [0.2, 0.25) is 0 Å². The molecule has 0 unspecified atom stereocenters. The van der Waals surface area contributed by atoms with Crippen molar-refractivity contribution in [2.75, 3.05) is 19.3 Å². The number of nitrogens with one attached hydrogen (secondary N) is 2. The van der Waals surface area contributed by atoms with E-state index in [1.165, 1.54) is 5.56 Å². The van der Waals surface area contributed by atoms with Crippen molar-refractivity contribution in [3.8, 4) is 0 Å². The molecule has 0 amide bonds. The Kier molecular flexibility index (Phi) is 6.62. The lowest BCUT2D eigenvalue weighted by molar-refractivity contribution is 0.784. The lowest BCUT2D eigenvalue weighted by Crippen LogP contribution is -2.37. The van der Waals surface area contributed by atoms with Crippen LogP contribution in [0, 0.1) is 0 Å². The predicted octanol–water partition coefficient (Wildman–Crippen LogP) is 2.33. The molecule has 21 heavy (non-hydrogen) atoms. The van der Waals surface area contributed by atoms with E-state index >= 15 is 0 Å². The lowest BCUT2D eigenvalue weighted by atomic mass is 10.3. The Balaban J connectivity index is 1.59. The second-order valence-electron chi connectivity index (χ2n) is 4.54. The zero-order valence-electron chi connectivity index (χ0n) is 12.4. The topological polar surface area (TPSA) is 54.2 Å². The Morgan fingerprint density at radius 1 is 1.48 bits per heavy atom.